The van der Waals surface area contributed by atoms with Crippen molar-refractivity contribution in [1.82, 2.24) is 9.80 Å². The zero-order chi connectivity index (χ0) is 24.8. The molecule has 182 valence electrons. The average molecular weight is 508 g/mol. The number of amides is 2. The first-order valence-corrected chi connectivity index (χ1v) is 11.9. The molecule has 2 heterocycles. The molecule has 1 N–H and O–H groups in total. The van der Waals surface area contributed by atoms with E-state index in [-0.39, 0.29) is 28.1 Å². The van der Waals surface area contributed by atoms with Crippen LogP contribution in [-0.2, 0) is 16.7 Å². The van der Waals surface area contributed by atoms with Gasteiger partial charge in [-0.2, -0.15) is 0 Å². The highest BCUT2D eigenvalue weighted by Gasteiger charge is 2.46. The van der Waals surface area contributed by atoms with E-state index in [1.165, 1.54) is 17.0 Å². The van der Waals surface area contributed by atoms with Crippen LogP contribution in [0.2, 0.25) is 10.0 Å². The van der Waals surface area contributed by atoms with E-state index in [1.807, 2.05) is 12.1 Å². The molecule has 0 bridgehead atoms. The van der Waals surface area contributed by atoms with E-state index in [4.69, 9.17) is 27.9 Å². The van der Waals surface area contributed by atoms with Crippen molar-refractivity contribution in [3.63, 3.8) is 0 Å². The summed E-state index contributed by atoms with van der Waals surface area (Å²) < 4.78 is 20.8. The normalized spacial score (nSPS) is 20.4. The minimum Gasteiger partial charge on any atom is -0.444 e. The van der Waals surface area contributed by atoms with Gasteiger partial charge >= 0.3 is 6.09 Å². The quantitative estimate of drug-likeness (QED) is 0.540. The molecule has 2 aliphatic heterocycles. The first kappa shape index (κ1) is 24.6. The molecule has 6 nitrogen and oxygen atoms in total. The number of anilines is 1. The van der Waals surface area contributed by atoms with Gasteiger partial charge in [-0.05, 0) is 63.4 Å². The molecule has 0 aromatic heterocycles. The lowest BCUT2D eigenvalue weighted by Crippen LogP contribution is -2.42. The van der Waals surface area contributed by atoms with Crippen LogP contribution in [0.1, 0.15) is 48.7 Å². The average Bonchev–Trinajstić information content (AvgIpc) is 3.18. The van der Waals surface area contributed by atoms with Gasteiger partial charge in [0.05, 0.1) is 22.1 Å². The number of benzene rings is 2. The second-order valence-electron chi connectivity index (χ2n) is 9.93. The molecular weight excluding hydrogens is 480 g/mol. The third kappa shape index (κ3) is 4.68. The van der Waals surface area contributed by atoms with Crippen LogP contribution in [0.3, 0.4) is 0 Å². The lowest BCUT2D eigenvalue weighted by atomic mass is 9.87. The molecule has 1 saturated heterocycles. The summed E-state index contributed by atoms with van der Waals surface area (Å²) in [6.07, 6.45) is 0.648. The van der Waals surface area contributed by atoms with Crippen LogP contribution in [0, 0.1) is 5.82 Å². The minimum atomic E-state index is -1.07. The summed E-state index contributed by atoms with van der Waals surface area (Å²) in [5.41, 5.74) is 0.656. The highest BCUT2D eigenvalue weighted by Crippen LogP contribution is 2.43. The molecule has 2 aliphatic rings. The predicted molar refractivity (Wildman–Crippen MR) is 131 cm³/mol. The smallest absolute Gasteiger partial charge is 0.410 e. The summed E-state index contributed by atoms with van der Waals surface area (Å²) in [6, 6.07) is 8.24. The van der Waals surface area contributed by atoms with Crippen molar-refractivity contribution in [3.8, 4) is 0 Å². The highest BCUT2D eigenvalue weighted by atomic mass is 35.5. The lowest BCUT2D eigenvalue weighted by molar-refractivity contribution is 0.0286. The molecule has 1 atom stereocenters. The monoisotopic (exact) mass is 507 g/mol. The van der Waals surface area contributed by atoms with E-state index in [1.54, 1.807) is 38.8 Å². The van der Waals surface area contributed by atoms with Crippen molar-refractivity contribution in [2.24, 2.45) is 0 Å². The fourth-order valence-corrected chi connectivity index (χ4v) is 5.06. The number of likely N-dealkylation sites (tertiary alicyclic amines) is 1. The first-order valence-electron chi connectivity index (χ1n) is 11.2. The maximum Gasteiger partial charge on any atom is 0.410 e. The van der Waals surface area contributed by atoms with Gasteiger partial charge in [-0.25, -0.2) is 9.18 Å². The number of hydrogen-bond acceptors (Lipinski definition) is 4. The third-order valence-corrected chi connectivity index (χ3v) is 7.03. The number of likely N-dealkylation sites (N-methyl/N-ethyl adjacent to an activating group) is 1. The Morgan fingerprint density at radius 3 is 2.62 bits per heavy atom. The van der Waals surface area contributed by atoms with Gasteiger partial charge in [0.2, 0.25) is 0 Å². The van der Waals surface area contributed by atoms with Crippen LogP contribution in [0.25, 0.3) is 0 Å². The predicted octanol–water partition coefficient (Wildman–Crippen LogP) is 5.71. The van der Waals surface area contributed by atoms with Gasteiger partial charge in [-0.3, -0.25) is 4.79 Å². The van der Waals surface area contributed by atoms with Gasteiger partial charge in [0.1, 0.15) is 11.4 Å². The van der Waals surface area contributed by atoms with Crippen LogP contribution in [0.4, 0.5) is 14.9 Å². The maximum atomic E-state index is 15.2. The van der Waals surface area contributed by atoms with E-state index in [2.05, 4.69) is 5.32 Å². The highest BCUT2D eigenvalue weighted by molar-refractivity contribution is 6.42. The number of ether oxygens (including phenoxy) is 1. The first-order chi connectivity index (χ1) is 15.9. The Bertz CT molecular complexity index is 1150. The lowest BCUT2D eigenvalue weighted by Gasteiger charge is -2.34. The molecule has 0 spiro atoms. The Morgan fingerprint density at radius 2 is 1.91 bits per heavy atom. The number of carbonyl (C=O) groups is 2. The maximum absolute atomic E-state index is 15.2. The summed E-state index contributed by atoms with van der Waals surface area (Å²) in [7, 11) is 1.77. The molecule has 34 heavy (non-hydrogen) atoms. The summed E-state index contributed by atoms with van der Waals surface area (Å²) in [4.78, 5) is 28.7. The molecule has 2 aromatic carbocycles. The molecule has 0 aliphatic carbocycles. The number of rotatable bonds is 3. The van der Waals surface area contributed by atoms with Gasteiger partial charge in [0, 0.05) is 37.0 Å². The summed E-state index contributed by atoms with van der Waals surface area (Å²) >= 11 is 12.8. The molecular formula is C25H28Cl2FN3O3. The van der Waals surface area contributed by atoms with E-state index in [9.17, 15) is 9.59 Å². The Morgan fingerprint density at radius 1 is 1.18 bits per heavy atom. The number of nitrogens with zero attached hydrogens (tertiary/aromatic N) is 2. The third-order valence-electron chi connectivity index (χ3n) is 6.23. The molecule has 1 fully saturated rings. The van der Waals surface area contributed by atoms with Gasteiger partial charge in [-0.15, -0.1) is 0 Å². The summed E-state index contributed by atoms with van der Waals surface area (Å²) in [6.45, 7) is 6.49. The van der Waals surface area contributed by atoms with Crippen LogP contribution in [0.5, 0.6) is 0 Å². The molecule has 0 radical (unpaired) electrons. The van der Waals surface area contributed by atoms with Crippen molar-refractivity contribution < 1.29 is 18.7 Å². The van der Waals surface area contributed by atoms with Crippen LogP contribution in [0.15, 0.2) is 30.3 Å². The Labute approximate surface area is 208 Å². The van der Waals surface area contributed by atoms with Crippen molar-refractivity contribution in [2.75, 3.05) is 32.0 Å². The van der Waals surface area contributed by atoms with E-state index >= 15 is 4.39 Å². The molecule has 1 unspecified atom stereocenters. The SMILES string of the molecule is CN1CCc2ccc(NC3(c4c(F)ccc(Cl)c4Cl)CCN(C(=O)OC(C)(C)C)C3)cc2C1=O. The zero-order valence-electron chi connectivity index (χ0n) is 19.7. The van der Waals surface area contributed by atoms with Crippen LogP contribution >= 0.6 is 23.2 Å². The van der Waals surface area contributed by atoms with E-state index in [0.29, 0.717) is 30.8 Å². The Kier molecular flexibility index (Phi) is 6.46. The van der Waals surface area contributed by atoms with Crippen LogP contribution in [-0.4, -0.2) is 54.1 Å². The number of fused-ring (bicyclic) bond motifs is 1. The number of hydrogen-bond donors (Lipinski definition) is 1. The fourth-order valence-electron chi connectivity index (χ4n) is 4.57. The van der Waals surface area contributed by atoms with E-state index < -0.39 is 23.1 Å². The second kappa shape index (κ2) is 8.93. The molecule has 0 saturated carbocycles. The van der Waals surface area contributed by atoms with Gasteiger partial charge in [0.25, 0.3) is 5.91 Å². The summed E-state index contributed by atoms with van der Waals surface area (Å²) in [5, 5.41) is 3.72. The number of carbonyl (C=O) groups excluding carboxylic acids is 2. The zero-order valence-corrected chi connectivity index (χ0v) is 21.2. The van der Waals surface area contributed by atoms with Gasteiger partial charge in [0.15, 0.2) is 0 Å². The number of nitrogens with one attached hydrogen (secondary N) is 1. The standard InChI is InChI=1S/C25H28Cl2FN3O3/c1-24(2,3)34-23(33)31-12-10-25(14-31,20-19(28)8-7-18(26)21(20)27)29-16-6-5-15-9-11-30(4)22(32)17(15)13-16/h5-8,13,29H,9-12,14H2,1-4H3. The van der Waals surface area contributed by atoms with Gasteiger partial charge < -0.3 is 19.9 Å². The Hall–Kier alpha value is -2.51. The minimum absolute atomic E-state index is 0.0623. The van der Waals surface area contributed by atoms with Crippen molar-refractivity contribution >= 4 is 40.9 Å². The fraction of sp³-hybridized carbons (Fsp3) is 0.440. The molecule has 2 aromatic rings. The van der Waals surface area contributed by atoms with Gasteiger partial charge in [-0.1, -0.05) is 29.3 Å². The molecule has 9 heteroatoms. The van der Waals surface area contributed by atoms with Crippen molar-refractivity contribution in [2.45, 2.75) is 44.8 Å². The van der Waals surface area contributed by atoms with Crippen molar-refractivity contribution in [3.05, 3.63) is 62.9 Å². The van der Waals surface area contributed by atoms with Crippen LogP contribution < -0.4 is 5.32 Å². The second-order valence-corrected chi connectivity index (χ2v) is 10.7. The molecule has 2 amide bonds. The van der Waals surface area contributed by atoms with Crippen molar-refractivity contribution in [1.29, 1.82) is 0 Å². The topological polar surface area (TPSA) is 61.9 Å². The summed E-state index contributed by atoms with van der Waals surface area (Å²) in [5.74, 6) is -0.588. The van der Waals surface area contributed by atoms with E-state index in [0.717, 1.165) is 12.0 Å². The Balaban J connectivity index is 1.75. The molecule has 4 rings (SSSR count). The number of halogens is 3. The largest absolute Gasteiger partial charge is 0.444 e.